The van der Waals surface area contributed by atoms with Crippen molar-refractivity contribution in [2.75, 3.05) is 19.0 Å². The van der Waals surface area contributed by atoms with E-state index in [0.717, 1.165) is 44.8 Å². The van der Waals surface area contributed by atoms with Crippen molar-refractivity contribution in [3.8, 4) is 5.69 Å². The Labute approximate surface area is 193 Å². The van der Waals surface area contributed by atoms with E-state index in [2.05, 4.69) is 44.0 Å². The van der Waals surface area contributed by atoms with Gasteiger partial charge in [-0.25, -0.2) is 4.98 Å². The Morgan fingerprint density at radius 2 is 1.38 bits per heavy atom. The summed E-state index contributed by atoms with van der Waals surface area (Å²) in [5, 5.41) is 9.02. The highest BCUT2D eigenvalue weighted by molar-refractivity contribution is 5.89. The lowest BCUT2D eigenvalue weighted by Gasteiger charge is -2.11. The van der Waals surface area contributed by atoms with Gasteiger partial charge >= 0.3 is 0 Å². The molecule has 158 valence electrons. The van der Waals surface area contributed by atoms with Crippen LogP contribution in [0.25, 0.3) is 27.8 Å². The molecule has 0 radical (unpaired) electrons. The lowest BCUT2D eigenvalue weighted by Crippen LogP contribution is -3.00. The molecule has 1 aromatic heterocycles. The second-order valence-corrected chi connectivity index (χ2v) is 7.53. The predicted molar refractivity (Wildman–Crippen MR) is 126 cm³/mol. The molecule has 0 aliphatic rings. The van der Waals surface area contributed by atoms with Crippen molar-refractivity contribution in [1.82, 2.24) is 4.98 Å². The van der Waals surface area contributed by atoms with Gasteiger partial charge in [0.2, 0.25) is 16.7 Å². The molecule has 0 fully saturated rings. The van der Waals surface area contributed by atoms with Crippen LogP contribution in [0.2, 0.25) is 0 Å². The monoisotopic (exact) mass is 439 g/mol. The number of fused-ring (bicyclic) bond motifs is 2. The number of para-hydroxylation sites is 4. The minimum absolute atomic E-state index is 0. The number of anilines is 1. The van der Waals surface area contributed by atoms with Crippen LogP contribution >= 0.6 is 0 Å². The largest absolute Gasteiger partial charge is 1.00 e. The Kier molecular flexibility index (Phi) is 6.10. The molecule has 0 amide bonds. The number of rotatable bonds is 4. The second kappa shape index (κ2) is 9.12. The van der Waals surface area contributed by atoms with Gasteiger partial charge in [-0.15, -0.1) is 9.68 Å². The van der Waals surface area contributed by atoms with Crippen molar-refractivity contribution in [1.29, 1.82) is 0 Å². The van der Waals surface area contributed by atoms with Crippen LogP contribution in [0, 0.1) is 0 Å². The van der Waals surface area contributed by atoms with Crippen LogP contribution in [-0.2, 0) is 0 Å². The van der Waals surface area contributed by atoms with Crippen LogP contribution in [0.4, 0.5) is 17.1 Å². The number of benzene rings is 4. The van der Waals surface area contributed by atoms with Crippen LogP contribution in [0.3, 0.4) is 0 Å². The number of nitrogens with zero attached hydrogens (tertiary/aromatic N) is 5. The van der Waals surface area contributed by atoms with Gasteiger partial charge in [0.1, 0.15) is 11.2 Å². The summed E-state index contributed by atoms with van der Waals surface area (Å²) in [6.07, 6.45) is 0. The van der Waals surface area contributed by atoms with E-state index in [4.69, 9.17) is 4.98 Å². The molecule has 0 unspecified atom stereocenters. The van der Waals surface area contributed by atoms with E-state index in [-0.39, 0.29) is 12.4 Å². The van der Waals surface area contributed by atoms with Gasteiger partial charge in [-0.2, -0.15) is 5.11 Å². The third kappa shape index (κ3) is 4.03. The van der Waals surface area contributed by atoms with Crippen molar-refractivity contribution in [3.05, 3.63) is 97.1 Å². The fraction of sp³-hybridized carbons (Fsp3) is 0.0769. The van der Waals surface area contributed by atoms with E-state index >= 15 is 0 Å². The van der Waals surface area contributed by atoms with Crippen LogP contribution in [-0.4, -0.2) is 19.1 Å². The zero-order valence-corrected chi connectivity index (χ0v) is 18.6. The summed E-state index contributed by atoms with van der Waals surface area (Å²) in [7, 11) is 4.04. The molecule has 0 atom stereocenters. The van der Waals surface area contributed by atoms with Gasteiger partial charge in [-0.3, -0.25) is 0 Å². The molecule has 5 nitrogen and oxygen atoms in total. The number of azo groups is 1. The van der Waals surface area contributed by atoms with Gasteiger partial charge < -0.3 is 17.3 Å². The van der Waals surface area contributed by atoms with Crippen LogP contribution in [0.15, 0.2) is 107 Å². The molecule has 0 bridgehead atoms. The van der Waals surface area contributed by atoms with Gasteiger partial charge in [0.05, 0.1) is 5.69 Å². The van der Waals surface area contributed by atoms with Crippen LogP contribution in [0.5, 0.6) is 0 Å². The van der Waals surface area contributed by atoms with E-state index in [9.17, 15) is 0 Å². The summed E-state index contributed by atoms with van der Waals surface area (Å²) < 4.78 is 2.22. The molecule has 5 aromatic rings. The molecule has 1 heterocycles. The van der Waals surface area contributed by atoms with Gasteiger partial charge in [0.15, 0.2) is 5.52 Å². The van der Waals surface area contributed by atoms with Crippen LogP contribution in [0.1, 0.15) is 0 Å². The highest BCUT2D eigenvalue weighted by Gasteiger charge is 2.20. The third-order valence-electron chi connectivity index (χ3n) is 5.24. The smallest absolute Gasteiger partial charge is 0.239 e. The minimum atomic E-state index is 0. The maximum absolute atomic E-state index is 4.93. The molecular formula is C26H22ClN5. The molecule has 0 saturated heterocycles. The van der Waals surface area contributed by atoms with E-state index < -0.39 is 0 Å². The zero-order valence-electron chi connectivity index (χ0n) is 17.9. The normalized spacial score (nSPS) is 11.1. The van der Waals surface area contributed by atoms with Gasteiger partial charge in [0, 0.05) is 44.0 Å². The van der Waals surface area contributed by atoms with Crippen molar-refractivity contribution >= 4 is 39.1 Å². The molecule has 5 rings (SSSR count). The zero-order chi connectivity index (χ0) is 21.2. The summed E-state index contributed by atoms with van der Waals surface area (Å²) in [6.45, 7) is 0. The number of aromatic nitrogens is 2. The predicted octanol–water partition coefficient (Wildman–Crippen LogP) is 3.15. The Morgan fingerprint density at radius 3 is 2.12 bits per heavy atom. The molecule has 0 aliphatic carbocycles. The molecule has 0 aliphatic heterocycles. The first-order valence-corrected chi connectivity index (χ1v) is 10.2. The third-order valence-corrected chi connectivity index (χ3v) is 5.24. The summed E-state index contributed by atoms with van der Waals surface area (Å²) in [5.74, 6) is 0. The molecule has 4 aromatic carbocycles. The fourth-order valence-corrected chi connectivity index (χ4v) is 3.68. The summed E-state index contributed by atoms with van der Waals surface area (Å²) in [6, 6.07) is 32.5. The Morgan fingerprint density at radius 1 is 0.688 bits per heavy atom. The lowest BCUT2D eigenvalue weighted by molar-refractivity contribution is -0.538. The van der Waals surface area contributed by atoms with Crippen molar-refractivity contribution in [2.45, 2.75) is 0 Å². The summed E-state index contributed by atoms with van der Waals surface area (Å²) in [4.78, 5) is 6.99. The van der Waals surface area contributed by atoms with Gasteiger partial charge in [-0.1, -0.05) is 36.4 Å². The first kappa shape index (κ1) is 21.4. The first-order chi connectivity index (χ1) is 15.2. The maximum Gasteiger partial charge on any atom is 0.239 e. The molecular weight excluding hydrogens is 418 g/mol. The average Bonchev–Trinajstić information content (AvgIpc) is 2.82. The van der Waals surface area contributed by atoms with Crippen LogP contribution < -0.4 is 21.9 Å². The Hall–Kier alpha value is -3.83. The number of halogens is 1. The first-order valence-electron chi connectivity index (χ1n) is 10.2. The van der Waals surface area contributed by atoms with Gasteiger partial charge in [-0.05, 0) is 36.4 Å². The maximum atomic E-state index is 4.93. The minimum Gasteiger partial charge on any atom is -1.00 e. The average molecular weight is 440 g/mol. The molecule has 0 spiro atoms. The topological polar surface area (TPSA) is 44.7 Å². The Balaban J connectivity index is 0.00000245. The summed E-state index contributed by atoms with van der Waals surface area (Å²) in [5.41, 5.74) is 7.53. The Bertz CT molecular complexity index is 1400. The molecule has 32 heavy (non-hydrogen) atoms. The van der Waals surface area contributed by atoms with E-state index in [1.807, 2.05) is 86.9 Å². The molecule has 0 saturated carbocycles. The van der Waals surface area contributed by atoms with E-state index in [0.29, 0.717) is 0 Å². The molecule has 6 heteroatoms. The quantitative estimate of drug-likeness (QED) is 0.245. The standard InChI is InChI=1S/C26H22N5.ClH/c1-30(2)20-17-15-19(16-18-20)28-29-23-12-8-14-25-26(23)27-22-11-6-7-13-24(22)31(25)21-9-4-3-5-10-21;/h3-18H,1-2H3;1H/q+1;/p-1. The summed E-state index contributed by atoms with van der Waals surface area (Å²) >= 11 is 0. The SMILES string of the molecule is CN(C)c1ccc(N=Nc2cccc3c2nc2ccccc2[n+]3-c2ccccc2)cc1.[Cl-]. The van der Waals surface area contributed by atoms with Crippen molar-refractivity contribution in [2.24, 2.45) is 10.2 Å². The second-order valence-electron chi connectivity index (χ2n) is 7.53. The number of hydrogen-bond donors (Lipinski definition) is 0. The van der Waals surface area contributed by atoms with Gasteiger partial charge in [0.25, 0.3) is 0 Å². The highest BCUT2D eigenvalue weighted by Crippen LogP contribution is 2.28. The van der Waals surface area contributed by atoms with Crippen molar-refractivity contribution < 1.29 is 17.0 Å². The van der Waals surface area contributed by atoms with E-state index in [1.165, 1.54) is 0 Å². The molecule has 0 N–H and O–H groups in total. The number of hydrogen-bond acceptors (Lipinski definition) is 4. The lowest BCUT2D eigenvalue weighted by atomic mass is 10.2. The van der Waals surface area contributed by atoms with Crippen molar-refractivity contribution in [3.63, 3.8) is 0 Å². The fourth-order valence-electron chi connectivity index (χ4n) is 3.68. The van der Waals surface area contributed by atoms with E-state index in [1.54, 1.807) is 0 Å². The highest BCUT2D eigenvalue weighted by atomic mass is 35.5.